The molecule has 1 aliphatic rings. The first kappa shape index (κ1) is 22.3. The summed E-state index contributed by atoms with van der Waals surface area (Å²) in [4.78, 5) is 26.1. The highest BCUT2D eigenvalue weighted by atomic mass is 32.2. The van der Waals surface area contributed by atoms with Gasteiger partial charge in [0.25, 0.3) is 11.1 Å². The maximum atomic E-state index is 12.6. The van der Waals surface area contributed by atoms with Gasteiger partial charge in [-0.05, 0) is 42.9 Å². The van der Waals surface area contributed by atoms with Gasteiger partial charge in [0.2, 0.25) is 5.91 Å². The second-order valence-electron chi connectivity index (χ2n) is 7.46. The van der Waals surface area contributed by atoms with Crippen molar-refractivity contribution in [3.05, 3.63) is 40.3 Å². The molecule has 0 radical (unpaired) electrons. The molecule has 8 nitrogen and oxygen atoms in total. The van der Waals surface area contributed by atoms with Crippen LogP contribution in [-0.2, 0) is 22.4 Å². The Bertz CT molecular complexity index is 1140. The number of hydrogen-bond donors (Lipinski definition) is 1. The third kappa shape index (κ3) is 4.66. The van der Waals surface area contributed by atoms with Gasteiger partial charge in [0.05, 0.1) is 31.1 Å². The number of esters is 1. The third-order valence-electron chi connectivity index (χ3n) is 5.22. The summed E-state index contributed by atoms with van der Waals surface area (Å²) in [6, 6.07) is 7.33. The van der Waals surface area contributed by atoms with E-state index in [2.05, 4.69) is 22.4 Å². The minimum absolute atomic E-state index is 0.0626. The minimum Gasteiger partial charge on any atom is -0.496 e. The number of anilines is 1. The quantitative estimate of drug-likeness (QED) is 0.397. The van der Waals surface area contributed by atoms with E-state index in [1.807, 2.05) is 18.2 Å². The number of thioether (sulfide) groups is 1. The highest BCUT2D eigenvalue weighted by Crippen LogP contribution is 2.40. The zero-order chi connectivity index (χ0) is 22.7. The maximum absolute atomic E-state index is 12.6. The monoisotopic (exact) mass is 473 g/mol. The molecule has 1 N–H and O–H groups in total. The smallest absolute Gasteiger partial charge is 0.341 e. The van der Waals surface area contributed by atoms with E-state index >= 15 is 0 Å². The number of methoxy groups -OCH3 is 2. The molecule has 10 heteroatoms. The van der Waals surface area contributed by atoms with Gasteiger partial charge in [-0.2, -0.15) is 0 Å². The zero-order valence-corrected chi connectivity index (χ0v) is 19.6. The molecule has 1 unspecified atom stereocenters. The molecular formula is C22H23N3O5S2. The van der Waals surface area contributed by atoms with E-state index in [1.165, 1.54) is 18.4 Å². The van der Waals surface area contributed by atoms with Crippen molar-refractivity contribution in [2.75, 3.05) is 25.3 Å². The molecule has 1 amide bonds. The fourth-order valence-electron chi connectivity index (χ4n) is 3.65. The molecular weight excluding hydrogens is 450 g/mol. The van der Waals surface area contributed by atoms with Crippen molar-refractivity contribution in [2.45, 2.75) is 31.4 Å². The lowest BCUT2D eigenvalue weighted by Gasteiger charge is -2.18. The van der Waals surface area contributed by atoms with Gasteiger partial charge in [-0.25, -0.2) is 4.79 Å². The second kappa shape index (κ2) is 9.74. The Balaban J connectivity index is 1.44. The number of para-hydroxylation sites is 1. The van der Waals surface area contributed by atoms with Crippen molar-refractivity contribution in [1.82, 2.24) is 10.2 Å². The molecule has 0 bridgehead atoms. The Labute approximate surface area is 193 Å². The third-order valence-corrected chi connectivity index (χ3v) is 7.21. The highest BCUT2D eigenvalue weighted by Gasteiger charge is 2.29. The Morgan fingerprint density at radius 1 is 1.28 bits per heavy atom. The van der Waals surface area contributed by atoms with Gasteiger partial charge in [0.1, 0.15) is 10.8 Å². The van der Waals surface area contributed by atoms with Crippen LogP contribution in [0.3, 0.4) is 0 Å². The average Bonchev–Trinajstić information content (AvgIpc) is 3.41. The summed E-state index contributed by atoms with van der Waals surface area (Å²) in [7, 11) is 2.93. The molecule has 2 heterocycles. The molecule has 1 aliphatic carbocycles. The summed E-state index contributed by atoms with van der Waals surface area (Å²) in [6.45, 7) is 2.19. The first-order chi connectivity index (χ1) is 15.5. The molecule has 32 heavy (non-hydrogen) atoms. The number of nitrogens with zero attached hydrogens (tertiary/aromatic N) is 2. The molecule has 1 atom stereocenters. The first-order valence-corrected chi connectivity index (χ1v) is 11.9. The highest BCUT2D eigenvalue weighted by molar-refractivity contribution is 7.99. The van der Waals surface area contributed by atoms with E-state index in [0.717, 1.165) is 41.5 Å². The van der Waals surface area contributed by atoms with E-state index in [0.29, 0.717) is 33.7 Å². The number of carbonyl (C=O) groups excluding carboxylic acids is 2. The number of amides is 1. The molecule has 1 aromatic carbocycles. The Kier molecular flexibility index (Phi) is 6.80. The molecule has 0 fully saturated rings. The summed E-state index contributed by atoms with van der Waals surface area (Å²) < 4.78 is 16.0. The summed E-state index contributed by atoms with van der Waals surface area (Å²) in [6.07, 6.45) is 2.74. The SMILES string of the molecule is COC(=O)c1c(NC(=O)CSc2nnc(-c3ccccc3OC)o2)sc2c1CCC(C)C2. The van der Waals surface area contributed by atoms with Crippen LogP contribution in [0, 0.1) is 5.92 Å². The van der Waals surface area contributed by atoms with E-state index < -0.39 is 5.97 Å². The van der Waals surface area contributed by atoms with Gasteiger partial charge in [-0.15, -0.1) is 21.5 Å². The summed E-state index contributed by atoms with van der Waals surface area (Å²) in [5, 5.41) is 11.7. The topological polar surface area (TPSA) is 104 Å². The lowest BCUT2D eigenvalue weighted by atomic mass is 9.88. The Morgan fingerprint density at radius 2 is 2.09 bits per heavy atom. The largest absolute Gasteiger partial charge is 0.496 e. The fourth-order valence-corrected chi connectivity index (χ4v) is 5.62. The molecule has 3 aromatic rings. The number of hydrogen-bond acceptors (Lipinski definition) is 9. The van der Waals surface area contributed by atoms with Crippen LogP contribution >= 0.6 is 23.1 Å². The molecule has 168 valence electrons. The van der Waals surface area contributed by atoms with E-state index in [4.69, 9.17) is 13.9 Å². The Morgan fingerprint density at radius 3 is 2.88 bits per heavy atom. The van der Waals surface area contributed by atoms with E-state index in [1.54, 1.807) is 13.2 Å². The lowest BCUT2D eigenvalue weighted by Crippen LogP contribution is -2.17. The van der Waals surface area contributed by atoms with Crippen LogP contribution in [0.1, 0.15) is 34.1 Å². The first-order valence-electron chi connectivity index (χ1n) is 10.1. The van der Waals surface area contributed by atoms with Gasteiger partial charge in [0, 0.05) is 4.88 Å². The van der Waals surface area contributed by atoms with Gasteiger partial charge in [-0.1, -0.05) is 30.8 Å². The summed E-state index contributed by atoms with van der Waals surface area (Å²) in [5.74, 6) is 0.880. The molecule has 4 rings (SSSR count). The minimum atomic E-state index is -0.418. The fraction of sp³-hybridized carbons (Fsp3) is 0.364. The predicted molar refractivity (Wildman–Crippen MR) is 122 cm³/mol. The number of rotatable bonds is 7. The van der Waals surface area contributed by atoms with Crippen molar-refractivity contribution in [3.63, 3.8) is 0 Å². The number of ether oxygens (including phenoxy) is 2. The number of fused-ring (bicyclic) bond motifs is 1. The normalized spacial score (nSPS) is 15.2. The predicted octanol–water partition coefficient (Wildman–Crippen LogP) is 4.45. The zero-order valence-electron chi connectivity index (χ0n) is 18.0. The van der Waals surface area contributed by atoms with Gasteiger partial charge in [-0.3, -0.25) is 4.79 Å². The van der Waals surface area contributed by atoms with Crippen LogP contribution in [0.4, 0.5) is 5.00 Å². The summed E-state index contributed by atoms with van der Waals surface area (Å²) in [5.41, 5.74) is 2.16. The molecule has 0 saturated carbocycles. The number of nitrogens with one attached hydrogen (secondary N) is 1. The second-order valence-corrected chi connectivity index (χ2v) is 9.49. The van der Waals surface area contributed by atoms with Gasteiger partial charge >= 0.3 is 5.97 Å². The van der Waals surface area contributed by atoms with Crippen molar-refractivity contribution < 1.29 is 23.5 Å². The van der Waals surface area contributed by atoms with E-state index in [9.17, 15) is 9.59 Å². The van der Waals surface area contributed by atoms with Gasteiger partial charge in [0.15, 0.2) is 0 Å². The summed E-state index contributed by atoms with van der Waals surface area (Å²) >= 11 is 2.58. The van der Waals surface area contributed by atoms with Crippen LogP contribution in [0.5, 0.6) is 5.75 Å². The van der Waals surface area contributed by atoms with E-state index in [-0.39, 0.29) is 16.9 Å². The number of carbonyl (C=O) groups is 2. The average molecular weight is 474 g/mol. The Hall–Kier alpha value is -2.85. The molecule has 0 aliphatic heterocycles. The molecule has 0 spiro atoms. The lowest BCUT2D eigenvalue weighted by molar-refractivity contribution is -0.113. The van der Waals surface area contributed by atoms with Crippen molar-refractivity contribution in [1.29, 1.82) is 0 Å². The van der Waals surface area contributed by atoms with Crippen molar-refractivity contribution in [2.24, 2.45) is 5.92 Å². The maximum Gasteiger partial charge on any atom is 0.341 e. The van der Waals surface area contributed by atoms with Crippen molar-refractivity contribution >= 4 is 40.0 Å². The van der Waals surface area contributed by atoms with Crippen molar-refractivity contribution in [3.8, 4) is 17.2 Å². The van der Waals surface area contributed by atoms with Crippen LogP contribution in [0.15, 0.2) is 33.9 Å². The van der Waals surface area contributed by atoms with Crippen LogP contribution in [0.25, 0.3) is 11.5 Å². The number of benzene rings is 1. The molecule has 0 saturated heterocycles. The molecule has 2 aromatic heterocycles. The number of aromatic nitrogens is 2. The number of thiophene rings is 1. The van der Waals surface area contributed by atoms with Crippen LogP contribution in [0.2, 0.25) is 0 Å². The standard InChI is InChI=1S/C22H23N3O5S2/c1-12-8-9-14-16(10-12)32-20(18(14)21(27)29-3)23-17(26)11-31-22-25-24-19(30-22)13-6-4-5-7-15(13)28-2/h4-7,12H,8-11H2,1-3H3,(H,23,26). The van der Waals surface area contributed by atoms with Crippen LogP contribution in [-0.4, -0.2) is 42.0 Å². The van der Waals surface area contributed by atoms with Crippen LogP contribution < -0.4 is 10.1 Å². The van der Waals surface area contributed by atoms with Gasteiger partial charge < -0.3 is 19.2 Å².